The number of carbonyl (C=O) groups excluding carboxylic acids is 1. The van der Waals surface area contributed by atoms with E-state index in [9.17, 15) is 4.79 Å². The van der Waals surface area contributed by atoms with Crippen LogP contribution in [-0.4, -0.2) is 16.7 Å². The Morgan fingerprint density at radius 1 is 1.46 bits per heavy atom. The van der Waals surface area contributed by atoms with E-state index < -0.39 is 11.7 Å². The molecule has 2 aromatic heterocycles. The Balaban J connectivity index is 2.45. The molecule has 130 valence electrons. The number of halogens is 1. The van der Waals surface area contributed by atoms with Crippen molar-refractivity contribution in [1.82, 2.24) is 4.98 Å². The van der Waals surface area contributed by atoms with Crippen LogP contribution in [-0.2, 0) is 17.7 Å². The number of hydrogen-bond acceptors (Lipinski definition) is 5. The number of nitrogens with zero attached hydrogens (tertiary/aromatic N) is 2. The first-order chi connectivity index (χ1) is 11.2. The third-order valence-electron chi connectivity index (χ3n) is 3.15. The van der Waals surface area contributed by atoms with E-state index in [1.165, 1.54) is 4.90 Å². The summed E-state index contributed by atoms with van der Waals surface area (Å²) in [5.74, 6) is 0.625. The maximum Gasteiger partial charge on any atom is 0.415 e. The molecule has 0 bridgehead atoms. The quantitative estimate of drug-likeness (QED) is 0.601. The van der Waals surface area contributed by atoms with Gasteiger partial charge in [-0.1, -0.05) is 18.5 Å². The summed E-state index contributed by atoms with van der Waals surface area (Å²) in [6.45, 7) is 7.60. The van der Waals surface area contributed by atoms with E-state index in [0.29, 0.717) is 33.6 Å². The van der Waals surface area contributed by atoms with E-state index in [2.05, 4.69) is 17.6 Å². The lowest BCUT2D eigenvalue weighted by molar-refractivity contribution is 0.0574. The predicted molar refractivity (Wildman–Crippen MR) is 97.0 cm³/mol. The second kappa shape index (κ2) is 7.49. The van der Waals surface area contributed by atoms with Crippen molar-refractivity contribution in [2.24, 2.45) is 0 Å². The van der Waals surface area contributed by atoms with Gasteiger partial charge in [-0.25, -0.2) is 9.78 Å². The summed E-state index contributed by atoms with van der Waals surface area (Å²) in [5.41, 5.74) is 0.634. The minimum absolute atomic E-state index is 0.207. The number of hydrogen-bond donors (Lipinski definition) is 1. The average molecular weight is 369 g/mol. The maximum atomic E-state index is 12.7. The van der Waals surface area contributed by atoms with E-state index in [1.54, 1.807) is 24.5 Å². The number of carbonyl (C=O) groups is 1. The molecule has 0 saturated carbocycles. The van der Waals surface area contributed by atoms with Crippen LogP contribution in [0.5, 0.6) is 0 Å². The summed E-state index contributed by atoms with van der Waals surface area (Å²) in [6, 6.07) is 5.16. The van der Waals surface area contributed by atoms with Gasteiger partial charge in [0.15, 0.2) is 0 Å². The highest BCUT2D eigenvalue weighted by Gasteiger charge is 2.27. The first kappa shape index (κ1) is 18.7. The number of thiol groups is 1. The van der Waals surface area contributed by atoms with E-state index >= 15 is 0 Å². The van der Waals surface area contributed by atoms with Crippen molar-refractivity contribution in [2.45, 2.75) is 51.2 Å². The predicted octanol–water partition coefficient (Wildman–Crippen LogP) is 5.12. The van der Waals surface area contributed by atoms with Crippen molar-refractivity contribution in [1.29, 1.82) is 0 Å². The number of aromatic nitrogens is 1. The highest BCUT2D eigenvalue weighted by molar-refractivity contribution is 7.80. The molecular formula is C17H21ClN2O3S. The Hall–Kier alpha value is -1.66. The van der Waals surface area contributed by atoms with Crippen molar-refractivity contribution in [3.8, 4) is 0 Å². The Bertz CT molecular complexity index is 711. The topological polar surface area (TPSA) is 55.6 Å². The number of amides is 1. The number of aryl methyl sites for hydroxylation is 1. The minimum Gasteiger partial charge on any atom is -0.467 e. The van der Waals surface area contributed by atoms with Crippen molar-refractivity contribution < 1.29 is 13.9 Å². The molecule has 0 aliphatic rings. The van der Waals surface area contributed by atoms with Gasteiger partial charge in [-0.3, -0.25) is 4.90 Å². The summed E-state index contributed by atoms with van der Waals surface area (Å²) in [5, 5.41) is 0.299. The van der Waals surface area contributed by atoms with Gasteiger partial charge in [-0.15, -0.1) is 12.6 Å². The third kappa shape index (κ3) is 4.68. The van der Waals surface area contributed by atoms with E-state index in [1.807, 2.05) is 27.7 Å². The lowest BCUT2D eigenvalue weighted by Crippen LogP contribution is -2.36. The molecule has 0 radical (unpaired) electrons. The van der Waals surface area contributed by atoms with Crippen LogP contribution in [0.4, 0.5) is 10.5 Å². The standard InChI is InChI=1S/C17H21ClN2O3S/c1-5-12-15(24)13(9-14(18)19-12)20(10-11-7-6-8-22-11)16(21)23-17(2,3)4/h6-9,24H,5,10H2,1-4H3. The van der Waals surface area contributed by atoms with Crippen molar-refractivity contribution in [3.05, 3.63) is 41.1 Å². The lowest BCUT2D eigenvalue weighted by Gasteiger charge is -2.28. The van der Waals surface area contributed by atoms with Gasteiger partial charge in [0, 0.05) is 11.0 Å². The van der Waals surface area contributed by atoms with E-state index in [0.717, 1.165) is 0 Å². The third-order valence-corrected chi connectivity index (χ3v) is 3.83. The largest absolute Gasteiger partial charge is 0.467 e. The highest BCUT2D eigenvalue weighted by Crippen LogP contribution is 2.32. The lowest BCUT2D eigenvalue weighted by atomic mass is 10.2. The summed E-state index contributed by atoms with van der Waals surface area (Å²) in [4.78, 5) is 19.0. The molecule has 0 aliphatic carbocycles. The van der Waals surface area contributed by atoms with Gasteiger partial charge in [0.25, 0.3) is 0 Å². The Kier molecular flexibility index (Phi) is 5.83. The molecule has 24 heavy (non-hydrogen) atoms. The monoisotopic (exact) mass is 368 g/mol. The number of rotatable bonds is 4. The van der Waals surface area contributed by atoms with Gasteiger partial charge < -0.3 is 9.15 Å². The zero-order valence-electron chi connectivity index (χ0n) is 14.2. The molecule has 2 rings (SSSR count). The SMILES string of the molecule is CCc1nc(Cl)cc(N(Cc2ccco2)C(=O)OC(C)(C)C)c1S. The van der Waals surface area contributed by atoms with Gasteiger partial charge >= 0.3 is 6.09 Å². The summed E-state index contributed by atoms with van der Waals surface area (Å²) < 4.78 is 10.9. The number of ether oxygens (including phenoxy) is 1. The molecule has 0 N–H and O–H groups in total. The van der Waals surface area contributed by atoms with Crippen LogP contribution in [0.3, 0.4) is 0 Å². The van der Waals surface area contributed by atoms with Crippen LogP contribution in [0, 0.1) is 0 Å². The molecular weight excluding hydrogens is 348 g/mol. The van der Waals surface area contributed by atoms with Crippen LogP contribution in [0.15, 0.2) is 33.8 Å². The zero-order valence-corrected chi connectivity index (χ0v) is 15.8. The fraction of sp³-hybridized carbons (Fsp3) is 0.412. The average Bonchev–Trinajstić information content (AvgIpc) is 2.98. The fourth-order valence-corrected chi connectivity index (χ4v) is 2.72. The summed E-state index contributed by atoms with van der Waals surface area (Å²) in [6.07, 6.45) is 1.70. The van der Waals surface area contributed by atoms with Crippen molar-refractivity contribution in [2.75, 3.05) is 4.90 Å². The van der Waals surface area contributed by atoms with Gasteiger partial charge in [-0.05, 0) is 39.3 Å². The van der Waals surface area contributed by atoms with Crippen molar-refractivity contribution >= 4 is 36.0 Å². The smallest absolute Gasteiger partial charge is 0.415 e. The van der Waals surface area contributed by atoms with Gasteiger partial charge in [0.2, 0.25) is 0 Å². The van der Waals surface area contributed by atoms with E-state index in [-0.39, 0.29) is 6.54 Å². The Morgan fingerprint density at radius 3 is 2.71 bits per heavy atom. The molecule has 0 aliphatic heterocycles. The molecule has 0 spiro atoms. The molecule has 7 heteroatoms. The van der Waals surface area contributed by atoms with Crippen LogP contribution in [0.2, 0.25) is 5.15 Å². The summed E-state index contributed by atoms with van der Waals surface area (Å²) in [7, 11) is 0. The molecule has 0 unspecified atom stereocenters. The second-order valence-corrected chi connectivity index (χ2v) is 7.09. The van der Waals surface area contributed by atoms with Gasteiger partial charge in [0.1, 0.15) is 16.5 Å². The highest BCUT2D eigenvalue weighted by atomic mass is 35.5. The maximum absolute atomic E-state index is 12.7. The first-order valence-electron chi connectivity index (χ1n) is 7.62. The van der Waals surface area contributed by atoms with Crippen LogP contribution in [0.1, 0.15) is 39.1 Å². The Labute approximate surface area is 152 Å². The molecule has 0 aromatic carbocycles. The minimum atomic E-state index is -0.625. The number of furan rings is 1. The van der Waals surface area contributed by atoms with Crippen molar-refractivity contribution in [3.63, 3.8) is 0 Å². The van der Waals surface area contributed by atoms with Crippen LogP contribution < -0.4 is 4.90 Å². The second-order valence-electron chi connectivity index (χ2n) is 6.26. The van der Waals surface area contributed by atoms with Gasteiger partial charge in [-0.2, -0.15) is 0 Å². The number of anilines is 1. The first-order valence-corrected chi connectivity index (χ1v) is 8.45. The zero-order chi connectivity index (χ0) is 17.9. The molecule has 0 saturated heterocycles. The summed E-state index contributed by atoms with van der Waals surface area (Å²) >= 11 is 10.7. The fourth-order valence-electron chi connectivity index (χ4n) is 2.12. The molecule has 0 atom stereocenters. The van der Waals surface area contributed by atoms with Gasteiger partial charge in [0.05, 0.1) is 24.2 Å². The molecule has 2 aromatic rings. The number of pyridine rings is 1. The van der Waals surface area contributed by atoms with E-state index in [4.69, 9.17) is 20.8 Å². The molecule has 0 fully saturated rings. The molecule has 5 nitrogen and oxygen atoms in total. The van der Waals surface area contributed by atoms with Crippen LogP contribution in [0.25, 0.3) is 0 Å². The normalized spacial score (nSPS) is 11.4. The van der Waals surface area contributed by atoms with Crippen LogP contribution >= 0.6 is 24.2 Å². The molecule has 2 heterocycles. The molecule has 1 amide bonds. The Morgan fingerprint density at radius 2 is 2.17 bits per heavy atom.